The van der Waals surface area contributed by atoms with Crippen LogP contribution in [0.25, 0.3) is 0 Å². The van der Waals surface area contributed by atoms with Gasteiger partial charge in [0.1, 0.15) is 11.5 Å². The van der Waals surface area contributed by atoms with Crippen molar-refractivity contribution in [1.82, 2.24) is 14.5 Å². The lowest BCUT2D eigenvalue weighted by Gasteiger charge is -2.00. The van der Waals surface area contributed by atoms with Gasteiger partial charge < -0.3 is 4.57 Å². The number of aromatic nitrogens is 3. The zero-order valence-electron chi connectivity index (χ0n) is 10.1. The molecule has 0 amide bonds. The second-order valence-electron chi connectivity index (χ2n) is 4.03. The van der Waals surface area contributed by atoms with Crippen molar-refractivity contribution in [3.8, 4) is 0 Å². The fraction of sp³-hybridized carbons (Fsp3) is 0.308. The van der Waals surface area contributed by atoms with Gasteiger partial charge in [0.05, 0.1) is 5.69 Å². The summed E-state index contributed by atoms with van der Waals surface area (Å²) in [7, 11) is 1.86. The Morgan fingerprint density at radius 1 is 1.41 bits per heavy atom. The van der Waals surface area contributed by atoms with Gasteiger partial charge in [0.25, 0.3) is 0 Å². The van der Waals surface area contributed by atoms with Crippen LogP contribution in [0.5, 0.6) is 0 Å². The molecule has 2 rings (SSSR count). The third-order valence-corrected chi connectivity index (χ3v) is 2.92. The number of aryl methyl sites for hydroxylation is 3. The van der Waals surface area contributed by atoms with E-state index in [2.05, 4.69) is 9.97 Å². The molecule has 0 aliphatic carbocycles. The van der Waals surface area contributed by atoms with E-state index < -0.39 is 0 Å². The zero-order valence-corrected chi connectivity index (χ0v) is 10.1. The van der Waals surface area contributed by atoms with E-state index in [0.29, 0.717) is 5.69 Å². The third kappa shape index (κ3) is 2.41. The first-order chi connectivity index (χ1) is 8.22. The molecule has 0 bridgehead atoms. The van der Waals surface area contributed by atoms with Crippen LogP contribution in [-0.4, -0.2) is 20.8 Å². The van der Waals surface area contributed by atoms with Crippen molar-refractivity contribution in [3.63, 3.8) is 0 Å². The summed E-state index contributed by atoms with van der Waals surface area (Å²) in [5.41, 5.74) is 2.70. The summed E-state index contributed by atoms with van der Waals surface area (Å²) in [6, 6.07) is 3.95. The number of rotatable bonds is 4. The van der Waals surface area contributed by atoms with E-state index in [1.807, 2.05) is 36.9 Å². The number of aldehydes is 1. The van der Waals surface area contributed by atoms with Gasteiger partial charge in [-0.1, -0.05) is 6.07 Å². The molecule has 0 unspecified atom stereocenters. The van der Waals surface area contributed by atoms with Crippen LogP contribution >= 0.6 is 0 Å². The molecule has 0 aliphatic heterocycles. The highest BCUT2D eigenvalue weighted by Gasteiger charge is 2.10. The van der Waals surface area contributed by atoms with Crippen LogP contribution in [0.3, 0.4) is 0 Å². The summed E-state index contributed by atoms with van der Waals surface area (Å²) in [5, 5.41) is 0. The number of imidazole rings is 1. The predicted molar refractivity (Wildman–Crippen MR) is 65.0 cm³/mol. The van der Waals surface area contributed by atoms with Crippen LogP contribution in [0, 0.1) is 6.92 Å². The molecule has 0 N–H and O–H groups in total. The molecule has 2 aromatic heterocycles. The number of carbonyl (C=O) groups excluding carboxylic acids is 1. The van der Waals surface area contributed by atoms with Gasteiger partial charge in [-0.15, -0.1) is 0 Å². The molecule has 0 radical (unpaired) electrons. The first kappa shape index (κ1) is 11.5. The first-order valence-electron chi connectivity index (χ1n) is 5.58. The fourth-order valence-corrected chi connectivity index (χ4v) is 1.84. The molecule has 0 atom stereocenters. The standard InChI is InChI=1S/C13H15N3O/c1-10-15-12(13(9-17)16(10)2)6-5-11-4-3-7-14-8-11/h3-4,7-9H,5-6H2,1-2H3. The average molecular weight is 229 g/mol. The number of hydrogen-bond donors (Lipinski definition) is 0. The average Bonchev–Trinajstić information content (AvgIpc) is 2.63. The highest BCUT2D eigenvalue weighted by Crippen LogP contribution is 2.11. The fourth-order valence-electron chi connectivity index (χ4n) is 1.84. The minimum Gasteiger partial charge on any atom is -0.329 e. The number of carbonyl (C=O) groups is 1. The smallest absolute Gasteiger partial charge is 0.168 e. The quantitative estimate of drug-likeness (QED) is 0.750. The van der Waals surface area contributed by atoms with E-state index in [-0.39, 0.29) is 0 Å². The number of nitrogens with zero attached hydrogens (tertiary/aromatic N) is 3. The second-order valence-corrected chi connectivity index (χ2v) is 4.03. The Morgan fingerprint density at radius 3 is 2.88 bits per heavy atom. The molecule has 17 heavy (non-hydrogen) atoms. The molecule has 88 valence electrons. The maximum atomic E-state index is 11.0. The molecular weight excluding hydrogens is 214 g/mol. The molecule has 4 nitrogen and oxygen atoms in total. The molecule has 2 aromatic rings. The van der Waals surface area contributed by atoms with Gasteiger partial charge in [0, 0.05) is 19.4 Å². The summed E-state index contributed by atoms with van der Waals surface area (Å²) in [6.07, 6.45) is 6.09. The Kier molecular flexibility index (Phi) is 3.32. The number of hydrogen-bond acceptors (Lipinski definition) is 3. The predicted octanol–water partition coefficient (Wildman–Crippen LogP) is 1.72. The minimum atomic E-state index is 0.673. The highest BCUT2D eigenvalue weighted by atomic mass is 16.1. The van der Waals surface area contributed by atoms with Crippen LogP contribution in [-0.2, 0) is 19.9 Å². The molecule has 0 aliphatic rings. The van der Waals surface area contributed by atoms with Crippen molar-refractivity contribution >= 4 is 6.29 Å². The van der Waals surface area contributed by atoms with E-state index in [1.165, 1.54) is 0 Å². The SMILES string of the molecule is Cc1nc(CCc2cccnc2)c(C=O)n1C. The van der Waals surface area contributed by atoms with Gasteiger partial charge in [0.2, 0.25) is 0 Å². The molecule has 0 aromatic carbocycles. The monoisotopic (exact) mass is 229 g/mol. The molecule has 0 saturated heterocycles. The van der Waals surface area contributed by atoms with Crippen LogP contribution < -0.4 is 0 Å². The Labute approximate surface area is 100 Å². The van der Waals surface area contributed by atoms with Crippen molar-refractivity contribution in [2.75, 3.05) is 0 Å². The lowest BCUT2D eigenvalue weighted by atomic mass is 10.1. The molecule has 2 heterocycles. The maximum Gasteiger partial charge on any atom is 0.168 e. The van der Waals surface area contributed by atoms with E-state index in [1.54, 1.807) is 6.20 Å². The third-order valence-electron chi connectivity index (χ3n) is 2.92. The van der Waals surface area contributed by atoms with Crippen molar-refractivity contribution in [2.24, 2.45) is 7.05 Å². The summed E-state index contributed by atoms with van der Waals surface area (Å²) in [5.74, 6) is 0.869. The number of pyridine rings is 1. The van der Waals surface area contributed by atoms with Crippen molar-refractivity contribution < 1.29 is 4.79 Å². The lowest BCUT2D eigenvalue weighted by Crippen LogP contribution is -2.00. The van der Waals surface area contributed by atoms with Crippen LogP contribution in [0.1, 0.15) is 27.6 Å². The van der Waals surface area contributed by atoms with E-state index in [4.69, 9.17) is 0 Å². The highest BCUT2D eigenvalue weighted by molar-refractivity contribution is 5.74. The van der Waals surface area contributed by atoms with Gasteiger partial charge in [-0.3, -0.25) is 9.78 Å². The minimum absolute atomic E-state index is 0.673. The normalized spacial score (nSPS) is 10.5. The van der Waals surface area contributed by atoms with Crippen molar-refractivity contribution in [1.29, 1.82) is 0 Å². The zero-order chi connectivity index (χ0) is 12.3. The van der Waals surface area contributed by atoms with Gasteiger partial charge in [-0.05, 0) is 31.4 Å². The summed E-state index contributed by atoms with van der Waals surface area (Å²) in [6.45, 7) is 1.90. The first-order valence-corrected chi connectivity index (χ1v) is 5.58. The van der Waals surface area contributed by atoms with E-state index in [9.17, 15) is 4.79 Å². The molecular formula is C13H15N3O. The van der Waals surface area contributed by atoms with E-state index in [0.717, 1.165) is 36.2 Å². The van der Waals surface area contributed by atoms with Gasteiger partial charge >= 0.3 is 0 Å². The maximum absolute atomic E-state index is 11.0. The van der Waals surface area contributed by atoms with Gasteiger partial charge in [0.15, 0.2) is 6.29 Å². The van der Waals surface area contributed by atoms with Gasteiger partial charge in [-0.25, -0.2) is 4.98 Å². The summed E-state index contributed by atoms with van der Waals surface area (Å²) >= 11 is 0. The molecule has 0 spiro atoms. The topological polar surface area (TPSA) is 47.8 Å². The van der Waals surface area contributed by atoms with Crippen LogP contribution in [0.4, 0.5) is 0 Å². The van der Waals surface area contributed by atoms with E-state index >= 15 is 0 Å². The van der Waals surface area contributed by atoms with Crippen LogP contribution in [0.15, 0.2) is 24.5 Å². The van der Waals surface area contributed by atoms with Crippen molar-refractivity contribution in [2.45, 2.75) is 19.8 Å². The largest absolute Gasteiger partial charge is 0.329 e. The van der Waals surface area contributed by atoms with Crippen molar-refractivity contribution in [3.05, 3.63) is 47.3 Å². The van der Waals surface area contributed by atoms with Crippen LogP contribution in [0.2, 0.25) is 0 Å². The summed E-state index contributed by atoms with van der Waals surface area (Å²) < 4.78 is 1.82. The Balaban J connectivity index is 2.14. The van der Waals surface area contributed by atoms with Gasteiger partial charge in [-0.2, -0.15) is 0 Å². The second kappa shape index (κ2) is 4.91. The molecule has 0 saturated carbocycles. The lowest BCUT2D eigenvalue weighted by molar-refractivity contribution is 0.111. The Bertz CT molecular complexity index is 517. The molecule has 0 fully saturated rings. The Morgan fingerprint density at radius 2 is 2.24 bits per heavy atom. The molecule has 4 heteroatoms. The summed E-state index contributed by atoms with van der Waals surface area (Å²) in [4.78, 5) is 19.5. The Hall–Kier alpha value is -1.97.